The molecule has 0 saturated carbocycles. The van der Waals surface area contributed by atoms with Gasteiger partial charge in [-0.25, -0.2) is 9.97 Å². The number of aromatic nitrogens is 2. The number of nitrogens with two attached hydrogens (primary N) is 1. The van der Waals surface area contributed by atoms with Gasteiger partial charge in [-0.2, -0.15) is 13.2 Å². The number of hydrogen-bond acceptors (Lipinski definition) is 5. The van der Waals surface area contributed by atoms with Crippen molar-refractivity contribution in [1.82, 2.24) is 14.9 Å². The second kappa shape index (κ2) is 7.46. The molecular formula is C18H19ClF3N5O. The molecular weight excluding hydrogens is 395 g/mol. The summed E-state index contributed by atoms with van der Waals surface area (Å²) in [6, 6.07) is 6.78. The summed E-state index contributed by atoms with van der Waals surface area (Å²) < 4.78 is 38.0. The molecule has 28 heavy (non-hydrogen) atoms. The highest BCUT2D eigenvalue weighted by Crippen LogP contribution is 2.34. The van der Waals surface area contributed by atoms with E-state index in [1.165, 1.54) is 0 Å². The molecule has 2 fully saturated rings. The number of anilines is 2. The number of nitrogens with zero attached hydrogens (tertiary/aromatic N) is 4. The van der Waals surface area contributed by atoms with E-state index in [4.69, 9.17) is 5.73 Å². The number of amides is 1. The van der Waals surface area contributed by atoms with Gasteiger partial charge in [-0.3, -0.25) is 4.79 Å². The van der Waals surface area contributed by atoms with Crippen molar-refractivity contribution in [1.29, 1.82) is 0 Å². The van der Waals surface area contributed by atoms with Crippen molar-refractivity contribution < 1.29 is 18.0 Å². The molecule has 2 aromatic rings. The Kier molecular flexibility index (Phi) is 5.38. The number of carbonyl (C=O) groups is 1. The predicted molar refractivity (Wildman–Crippen MR) is 100 cm³/mol. The summed E-state index contributed by atoms with van der Waals surface area (Å²) in [5, 5.41) is 0. The van der Waals surface area contributed by atoms with Crippen LogP contribution in [0, 0.1) is 0 Å². The lowest BCUT2D eigenvalue weighted by molar-refractivity contribution is -0.138. The first-order chi connectivity index (χ1) is 12.8. The van der Waals surface area contributed by atoms with Gasteiger partial charge in [-0.15, -0.1) is 12.4 Å². The van der Waals surface area contributed by atoms with Gasteiger partial charge in [-0.05, 0) is 37.1 Å². The molecule has 4 rings (SSSR count). The third-order valence-electron chi connectivity index (χ3n) is 5.12. The van der Waals surface area contributed by atoms with E-state index >= 15 is 0 Å². The zero-order chi connectivity index (χ0) is 19.2. The van der Waals surface area contributed by atoms with Crippen molar-refractivity contribution in [2.24, 2.45) is 0 Å². The minimum atomic E-state index is -4.46. The summed E-state index contributed by atoms with van der Waals surface area (Å²) in [6.07, 6.45) is -1.15. The van der Waals surface area contributed by atoms with Crippen molar-refractivity contribution >= 4 is 29.9 Å². The first-order valence-corrected chi connectivity index (χ1v) is 8.65. The number of fused-ring (bicyclic) bond motifs is 2. The number of hydrogen-bond donors (Lipinski definition) is 1. The Morgan fingerprint density at radius 1 is 1.04 bits per heavy atom. The molecule has 2 saturated heterocycles. The zero-order valence-corrected chi connectivity index (χ0v) is 15.6. The van der Waals surface area contributed by atoms with Crippen LogP contribution in [0.3, 0.4) is 0 Å². The van der Waals surface area contributed by atoms with Crippen molar-refractivity contribution in [3.8, 4) is 0 Å². The monoisotopic (exact) mass is 413 g/mol. The van der Waals surface area contributed by atoms with E-state index < -0.39 is 11.7 Å². The summed E-state index contributed by atoms with van der Waals surface area (Å²) >= 11 is 0. The number of halogens is 4. The summed E-state index contributed by atoms with van der Waals surface area (Å²) in [4.78, 5) is 24.4. The van der Waals surface area contributed by atoms with Gasteiger partial charge in [0.1, 0.15) is 0 Å². The van der Waals surface area contributed by atoms with E-state index in [-0.39, 0.29) is 36.3 Å². The number of piperazine rings is 1. The summed E-state index contributed by atoms with van der Waals surface area (Å²) in [5.74, 6) is 0.218. The minimum absolute atomic E-state index is 0. The lowest BCUT2D eigenvalue weighted by Crippen LogP contribution is -2.56. The molecule has 1 aromatic carbocycles. The van der Waals surface area contributed by atoms with Gasteiger partial charge < -0.3 is 15.5 Å². The Bertz CT molecular complexity index is 830. The van der Waals surface area contributed by atoms with E-state index in [0.717, 1.165) is 25.2 Å². The molecule has 1 amide bonds. The van der Waals surface area contributed by atoms with E-state index in [2.05, 4.69) is 9.97 Å². The molecule has 2 unspecified atom stereocenters. The lowest BCUT2D eigenvalue weighted by Gasteiger charge is -2.41. The van der Waals surface area contributed by atoms with Crippen LogP contribution in [-0.2, 0) is 6.18 Å². The number of nitrogen functional groups attached to an aromatic ring is 1. The fraction of sp³-hybridized carbons (Fsp3) is 0.389. The van der Waals surface area contributed by atoms with Crippen molar-refractivity contribution in [2.45, 2.75) is 31.1 Å². The second-order valence-electron chi connectivity index (χ2n) is 6.89. The maximum Gasteiger partial charge on any atom is 0.419 e. The topological polar surface area (TPSA) is 75.4 Å². The average Bonchev–Trinajstić information content (AvgIpc) is 2.90. The predicted octanol–water partition coefficient (Wildman–Crippen LogP) is 2.99. The van der Waals surface area contributed by atoms with Crippen LogP contribution in [0.4, 0.5) is 24.8 Å². The summed E-state index contributed by atoms with van der Waals surface area (Å²) in [5.41, 5.74) is 5.99. The number of carbonyl (C=O) groups excluding carboxylic acids is 1. The van der Waals surface area contributed by atoms with E-state index in [9.17, 15) is 18.0 Å². The van der Waals surface area contributed by atoms with E-state index in [1.807, 2.05) is 9.80 Å². The molecule has 2 aliphatic rings. The van der Waals surface area contributed by atoms with Gasteiger partial charge in [0.25, 0.3) is 5.91 Å². The van der Waals surface area contributed by atoms with Crippen molar-refractivity contribution in [3.05, 3.63) is 47.8 Å². The van der Waals surface area contributed by atoms with Gasteiger partial charge in [-0.1, -0.05) is 0 Å². The number of rotatable bonds is 2. The fourth-order valence-corrected chi connectivity index (χ4v) is 3.80. The van der Waals surface area contributed by atoms with Crippen LogP contribution in [0.1, 0.15) is 28.8 Å². The summed E-state index contributed by atoms with van der Waals surface area (Å²) in [7, 11) is 0. The highest BCUT2D eigenvalue weighted by molar-refractivity contribution is 5.95. The molecule has 0 spiro atoms. The van der Waals surface area contributed by atoms with Crippen LogP contribution in [0.2, 0.25) is 0 Å². The maximum atomic E-state index is 12.9. The Hall–Kier alpha value is -2.55. The first kappa shape index (κ1) is 20.2. The Labute approximate surface area is 166 Å². The molecule has 2 aliphatic heterocycles. The van der Waals surface area contributed by atoms with Gasteiger partial charge in [0.2, 0.25) is 5.95 Å². The molecule has 2 N–H and O–H groups in total. The molecule has 150 valence electrons. The molecule has 2 atom stereocenters. The molecule has 6 nitrogen and oxygen atoms in total. The normalized spacial score (nSPS) is 21.4. The first-order valence-electron chi connectivity index (χ1n) is 8.65. The van der Waals surface area contributed by atoms with Crippen LogP contribution in [-0.4, -0.2) is 45.9 Å². The Balaban J connectivity index is 0.00000225. The van der Waals surface area contributed by atoms with E-state index in [0.29, 0.717) is 24.3 Å². The third-order valence-corrected chi connectivity index (χ3v) is 5.12. The van der Waals surface area contributed by atoms with Crippen LogP contribution in [0.5, 0.6) is 0 Å². The van der Waals surface area contributed by atoms with Gasteiger partial charge >= 0.3 is 6.18 Å². The minimum Gasteiger partial charge on any atom is -0.399 e. The number of benzene rings is 1. The molecule has 10 heteroatoms. The SMILES string of the molecule is Cl.Nc1ccc(C(=O)N2C3CCC2CN(c2ncc(C(F)(F)F)cn2)C3)cc1. The molecule has 2 bridgehead atoms. The van der Waals surface area contributed by atoms with E-state index in [1.54, 1.807) is 24.3 Å². The van der Waals surface area contributed by atoms with Gasteiger partial charge in [0, 0.05) is 36.7 Å². The lowest BCUT2D eigenvalue weighted by atomic mass is 10.1. The Morgan fingerprint density at radius 3 is 2.07 bits per heavy atom. The van der Waals surface area contributed by atoms with Crippen LogP contribution >= 0.6 is 12.4 Å². The van der Waals surface area contributed by atoms with Crippen LogP contribution < -0.4 is 10.6 Å². The Morgan fingerprint density at radius 2 is 1.57 bits per heavy atom. The molecule has 1 aromatic heterocycles. The summed E-state index contributed by atoms with van der Waals surface area (Å²) in [6.45, 7) is 1.01. The quantitative estimate of drug-likeness (QED) is 0.766. The molecule has 0 radical (unpaired) electrons. The maximum absolute atomic E-state index is 12.9. The average molecular weight is 414 g/mol. The van der Waals surface area contributed by atoms with Gasteiger partial charge in [0.15, 0.2) is 0 Å². The highest BCUT2D eigenvalue weighted by atomic mass is 35.5. The molecule has 0 aliphatic carbocycles. The van der Waals surface area contributed by atoms with Crippen LogP contribution in [0.15, 0.2) is 36.7 Å². The second-order valence-corrected chi connectivity index (χ2v) is 6.89. The largest absolute Gasteiger partial charge is 0.419 e. The smallest absolute Gasteiger partial charge is 0.399 e. The zero-order valence-electron chi connectivity index (χ0n) is 14.8. The van der Waals surface area contributed by atoms with Crippen molar-refractivity contribution in [2.75, 3.05) is 23.7 Å². The van der Waals surface area contributed by atoms with Crippen molar-refractivity contribution in [3.63, 3.8) is 0 Å². The highest BCUT2D eigenvalue weighted by Gasteiger charge is 2.43. The number of alkyl halides is 3. The fourth-order valence-electron chi connectivity index (χ4n) is 3.80. The third kappa shape index (κ3) is 3.71. The molecule has 3 heterocycles. The van der Waals surface area contributed by atoms with Gasteiger partial charge in [0.05, 0.1) is 17.6 Å². The van der Waals surface area contributed by atoms with Crippen LogP contribution in [0.25, 0.3) is 0 Å². The standard InChI is InChI=1S/C18H18F3N5O.ClH/c19-18(20,21)12-7-23-17(24-8-12)25-9-14-5-6-15(10-25)26(14)16(27)11-1-3-13(22)4-2-11;/h1-4,7-8,14-15H,5-6,9-10,22H2;1H.